The Balaban J connectivity index is 2.79. The molecule has 2 rings (SSSR count). The smallest absolute Gasteiger partial charge is 0.267 e. The summed E-state index contributed by atoms with van der Waals surface area (Å²) in [5, 5.41) is 3.64. The van der Waals surface area contributed by atoms with Gasteiger partial charge in [0.25, 0.3) is 0 Å². The highest BCUT2D eigenvalue weighted by molar-refractivity contribution is 5.83. The molecule has 0 aliphatic carbocycles. The summed E-state index contributed by atoms with van der Waals surface area (Å²) in [5.41, 5.74) is 0.599. The van der Waals surface area contributed by atoms with Crippen molar-refractivity contribution in [1.82, 2.24) is 9.78 Å². The summed E-state index contributed by atoms with van der Waals surface area (Å²) in [6.07, 6.45) is -4.39. The van der Waals surface area contributed by atoms with Gasteiger partial charge in [0.1, 0.15) is 0 Å². The van der Waals surface area contributed by atoms with Crippen molar-refractivity contribution in [2.24, 2.45) is 7.05 Å². The second kappa shape index (κ2) is 2.98. The maximum Gasteiger partial charge on any atom is 0.435 e. The van der Waals surface area contributed by atoms with Crippen molar-refractivity contribution in [3.8, 4) is 0 Å². The zero-order chi connectivity index (χ0) is 11.2. The first-order valence-electron chi connectivity index (χ1n) is 4.40. The molecule has 0 saturated carbocycles. The van der Waals surface area contributed by atoms with Crippen LogP contribution < -0.4 is 0 Å². The summed E-state index contributed by atoms with van der Waals surface area (Å²) >= 11 is 0. The van der Waals surface area contributed by atoms with Crippen LogP contribution in [0.25, 0.3) is 10.9 Å². The number of aromatic nitrogens is 2. The van der Waals surface area contributed by atoms with Crippen molar-refractivity contribution in [2.45, 2.75) is 13.1 Å². The molecule has 0 atom stereocenters. The normalized spacial score (nSPS) is 12.3. The Morgan fingerprint density at radius 1 is 1.27 bits per heavy atom. The number of hydrogen-bond donors (Lipinski definition) is 0. The first-order valence-corrected chi connectivity index (χ1v) is 4.40. The third-order valence-corrected chi connectivity index (χ3v) is 2.28. The molecule has 15 heavy (non-hydrogen) atoms. The molecule has 0 unspecified atom stereocenters. The van der Waals surface area contributed by atoms with Crippen LogP contribution in [0.2, 0.25) is 0 Å². The van der Waals surface area contributed by atoms with Gasteiger partial charge in [-0.1, -0.05) is 12.1 Å². The van der Waals surface area contributed by atoms with Gasteiger partial charge in [-0.25, -0.2) is 0 Å². The van der Waals surface area contributed by atoms with E-state index >= 15 is 0 Å². The highest BCUT2D eigenvalue weighted by Crippen LogP contribution is 2.33. The third kappa shape index (κ3) is 1.58. The van der Waals surface area contributed by atoms with Crippen molar-refractivity contribution in [3.05, 3.63) is 29.5 Å². The minimum atomic E-state index is -4.39. The molecule has 1 aromatic carbocycles. The lowest BCUT2D eigenvalue weighted by Gasteiger charge is -2.01. The summed E-state index contributed by atoms with van der Waals surface area (Å²) in [6.45, 7) is 1.83. The largest absolute Gasteiger partial charge is 0.435 e. The van der Waals surface area contributed by atoms with Gasteiger partial charge in [0.05, 0.1) is 5.52 Å². The molecule has 0 spiro atoms. The topological polar surface area (TPSA) is 17.8 Å². The highest BCUT2D eigenvalue weighted by atomic mass is 19.4. The van der Waals surface area contributed by atoms with Gasteiger partial charge in [0.15, 0.2) is 5.69 Å². The highest BCUT2D eigenvalue weighted by Gasteiger charge is 2.36. The average molecular weight is 214 g/mol. The van der Waals surface area contributed by atoms with Crippen LogP contribution in [0.1, 0.15) is 11.3 Å². The van der Waals surface area contributed by atoms with Crippen LogP contribution in [0.4, 0.5) is 13.2 Å². The fraction of sp³-hybridized carbons (Fsp3) is 0.300. The predicted molar refractivity (Wildman–Crippen MR) is 50.5 cm³/mol. The van der Waals surface area contributed by atoms with Crippen LogP contribution in [0.3, 0.4) is 0 Å². The first-order chi connectivity index (χ1) is 6.89. The maximum atomic E-state index is 12.6. The molecule has 0 N–H and O–H groups in total. The van der Waals surface area contributed by atoms with Gasteiger partial charge in [-0.05, 0) is 18.6 Å². The summed E-state index contributed by atoms with van der Waals surface area (Å²) in [4.78, 5) is 0. The van der Waals surface area contributed by atoms with Gasteiger partial charge >= 0.3 is 6.18 Å². The van der Waals surface area contributed by atoms with Crippen molar-refractivity contribution < 1.29 is 13.2 Å². The molecule has 1 heterocycles. The SMILES string of the molecule is Cc1ccc2c(C(F)(F)F)nn(C)c2c1. The van der Waals surface area contributed by atoms with Gasteiger partial charge in [0.2, 0.25) is 0 Å². The summed E-state index contributed by atoms with van der Waals surface area (Å²) in [7, 11) is 1.51. The average Bonchev–Trinajstić information content (AvgIpc) is 2.43. The number of rotatable bonds is 0. The van der Waals surface area contributed by atoms with Gasteiger partial charge < -0.3 is 0 Å². The van der Waals surface area contributed by atoms with Gasteiger partial charge in [-0.3, -0.25) is 4.68 Å². The lowest BCUT2D eigenvalue weighted by molar-refractivity contribution is -0.140. The molecule has 80 valence electrons. The molecule has 0 bridgehead atoms. The summed E-state index contributed by atoms with van der Waals surface area (Å²) in [5.74, 6) is 0. The molecule has 0 aliphatic heterocycles. The number of alkyl halides is 3. The number of nitrogens with zero attached hydrogens (tertiary/aromatic N) is 2. The molecule has 2 nitrogen and oxygen atoms in total. The van der Waals surface area contributed by atoms with E-state index in [0.29, 0.717) is 5.52 Å². The molecule has 0 aliphatic rings. The van der Waals surface area contributed by atoms with Crippen LogP contribution in [0, 0.1) is 6.92 Å². The Hall–Kier alpha value is -1.52. The molecule has 0 saturated heterocycles. The van der Waals surface area contributed by atoms with Crippen molar-refractivity contribution in [3.63, 3.8) is 0 Å². The third-order valence-electron chi connectivity index (χ3n) is 2.28. The van der Waals surface area contributed by atoms with Crippen LogP contribution in [-0.2, 0) is 13.2 Å². The number of fused-ring (bicyclic) bond motifs is 1. The summed E-state index contributed by atoms with van der Waals surface area (Å²) in [6, 6.07) is 4.80. The van der Waals surface area contributed by atoms with Gasteiger partial charge in [0, 0.05) is 12.4 Å². The maximum absolute atomic E-state index is 12.6. The number of hydrogen-bond acceptors (Lipinski definition) is 1. The lowest BCUT2D eigenvalue weighted by atomic mass is 10.1. The van der Waals surface area contributed by atoms with E-state index in [-0.39, 0.29) is 5.39 Å². The lowest BCUT2D eigenvalue weighted by Crippen LogP contribution is -2.06. The Bertz CT molecular complexity index is 511. The van der Waals surface area contributed by atoms with E-state index in [1.165, 1.54) is 17.8 Å². The molecule has 1 aromatic heterocycles. The number of aryl methyl sites for hydroxylation is 2. The summed E-state index contributed by atoms with van der Waals surface area (Å²) < 4.78 is 38.9. The zero-order valence-electron chi connectivity index (χ0n) is 8.26. The van der Waals surface area contributed by atoms with Crippen LogP contribution in [0.15, 0.2) is 18.2 Å². The van der Waals surface area contributed by atoms with Crippen LogP contribution in [-0.4, -0.2) is 9.78 Å². The van der Waals surface area contributed by atoms with E-state index in [1.54, 1.807) is 12.1 Å². The van der Waals surface area contributed by atoms with Crippen LogP contribution in [0.5, 0.6) is 0 Å². The van der Waals surface area contributed by atoms with E-state index in [0.717, 1.165) is 5.56 Å². The minimum absolute atomic E-state index is 0.149. The molecule has 0 fully saturated rings. The van der Waals surface area contributed by atoms with E-state index in [2.05, 4.69) is 5.10 Å². The quantitative estimate of drug-likeness (QED) is 0.659. The molecule has 2 aromatic rings. The van der Waals surface area contributed by atoms with Crippen molar-refractivity contribution >= 4 is 10.9 Å². The predicted octanol–water partition coefficient (Wildman–Crippen LogP) is 2.90. The molecular formula is C10H9F3N2. The molecule has 5 heteroatoms. The van der Waals surface area contributed by atoms with E-state index in [1.807, 2.05) is 6.92 Å². The Labute approximate surface area is 84.3 Å². The second-order valence-electron chi connectivity index (χ2n) is 3.49. The van der Waals surface area contributed by atoms with E-state index in [9.17, 15) is 13.2 Å². The fourth-order valence-electron chi connectivity index (χ4n) is 1.58. The van der Waals surface area contributed by atoms with E-state index in [4.69, 9.17) is 0 Å². The second-order valence-corrected chi connectivity index (χ2v) is 3.49. The Kier molecular flexibility index (Phi) is 1.99. The monoisotopic (exact) mass is 214 g/mol. The van der Waals surface area contributed by atoms with Gasteiger partial charge in [-0.15, -0.1) is 0 Å². The van der Waals surface area contributed by atoms with Crippen LogP contribution >= 0.6 is 0 Å². The Morgan fingerprint density at radius 2 is 1.93 bits per heavy atom. The molecule has 0 amide bonds. The molecular weight excluding hydrogens is 205 g/mol. The van der Waals surface area contributed by atoms with Crippen molar-refractivity contribution in [1.29, 1.82) is 0 Å². The minimum Gasteiger partial charge on any atom is -0.267 e. The Morgan fingerprint density at radius 3 is 2.53 bits per heavy atom. The molecule has 0 radical (unpaired) electrons. The number of halogens is 3. The number of benzene rings is 1. The first kappa shape index (κ1) is 10.0. The fourth-order valence-corrected chi connectivity index (χ4v) is 1.58. The zero-order valence-corrected chi connectivity index (χ0v) is 8.26. The van der Waals surface area contributed by atoms with E-state index < -0.39 is 11.9 Å². The van der Waals surface area contributed by atoms with Gasteiger partial charge in [-0.2, -0.15) is 18.3 Å². The standard InChI is InChI=1S/C10H9F3N2/c1-6-3-4-7-8(5-6)15(2)14-9(7)10(11,12)13/h3-5H,1-2H3. The van der Waals surface area contributed by atoms with Crippen molar-refractivity contribution in [2.75, 3.05) is 0 Å².